The minimum absolute atomic E-state index is 0.222. The van der Waals surface area contributed by atoms with E-state index in [1.165, 1.54) is 29.5 Å². The van der Waals surface area contributed by atoms with E-state index in [1.54, 1.807) is 30.0 Å². The Balaban J connectivity index is 1.85. The molecule has 4 aromatic rings. The molecule has 0 radical (unpaired) electrons. The van der Waals surface area contributed by atoms with Gasteiger partial charge in [-0.25, -0.2) is 12.7 Å². The predicted octanol–water partition coefficient (Wildman–Crippen LogP) is 5.40. The van der Waals surface area contributed by atoms with E-state index in [2.05, 4.69) is 67.4 Å². The summed E-state index contributed by atoms with van der Waals surface area (Å²) in [6.45, 7) is 6.21. The van der Waals surface area contributed by atoms with Crippen LogP contribution in [0.2, 0.25) is 0 Å². The van der Waals surface area contributed by atoms with E-state index >= 15 is 0 Å². The largest absolute Gasteiger partial charge is 0.269 e. The van der Waals surface area contributed by atoms with Crippen LogP contribution in [0.1, 0.15) is 22.3 Å². The van der Waals surface area contributed by atoms with Crippen LogP contribution < -0.4 is 0 Å². The summed E-state index contributed by atoms with van der Waals surface area (Å²) in [5.41, 5.74) is 6.32. The number of sulfonamides is 1. The molecule has 8 heteroatoms. The van der Waals surface area contributed by atoms with Crippen molar-refractivity contribution in [1.29, 1.82) is 0 Å². The van der Waals surface area contributed by atoms with Crippen LogP contribution in [0.4, 0.5) is 0 Å². The van der Waals surface area contributed by atoms with Crippen molar-refractivity contribution >= 4 is 21.8 Å². The number of nitrogens with zero attached hydrogens (tertiary/aromatic N) is 4. The summed E-state index contributed by atoms with van der Waals surface area (Å²) in [5, 5.41) is 9.82. The second-order valence-electron chi connectivity index (χ2n) is 8.47. The number of hydrogen-bond donors (Lipinski definition) is 0. The molecule has 0 fully saturated rings. The molecule has 1 aromatic heterocycles. The van der Waals surface area contributed by atoms with Gasteiger partial charge in [-0.2, -0.15) is 0 Å². The lowest BCUT2D eigenvalue weighted by Gasteiger charge is -2.16. The monoisotopic (exact) mass is 492 g/mol. The Labute approximate surface area is 205 Å². The van der Waals surface area contributed by atoms with Gasteiger partial charge in [0.1, 0.15) is 0 Å². The highest BCUT2D eigenvalue weighted by Crippen LogP contribution is 2.33. The summed E-state index contributed by atoms with van der Waals surface area (Å²) in [5.74, 6) is 1.36. The molecule has 0 saturated heterocycles. The number of hydrogen-bond acceptors (Lipinski definition) is 5. The zero-order valence-electron chi connectivity index (χ0n) is 20.0. The molecule has 4 rings (SSSR count). The summed E-state index contributed by atoms with van der Waals surface area (Å²) < 4.78 is 28.8. The lowest BCUT2D eigenvalue weighted by atomic mass is 10.1. The summed E-state index contributed by atoms with van der Waals surface area (Å²) in [6.07, 6.45) is 0. The Morgan fingerprint density at radius 2 is 1.56 bits per heavy atom. The van der Waals surface area contributed by atoms with Crippen LogP contribution in [0.3, 0.4) is 0 Å². The van der Waals surface area contributed by atoms with Gasteiger partial charge in [-0.3, -0.25) is 4.57 Å². The van der Waals surface area contributed by atoms with Crippen molar-refractivity contribution < 1.29 is 8.42 Å². The average Bonchev–Trinajstić information content (AvgIpc) is 3.21. The molecule has 0 aliphatic rings. The molecule has 6 nitrogen and oxygen atoms in total. The molecule has 0 aliphatic carbocycles. The van der Waals surface area contributed by atoms with E-state index in [9.17, 15) is 8.42 Å². The van der Waals surface area contributed by atoms with E-state index < -0.39 is 10.0 Å². The van der Waals surface area contributed by atoms with Gasteiger partial charge >= 0.3 is 0 Å². The SMILES string of the molecule is Cc1cccc(CSc2nnc(-c3cccc(S(=O)(=O)N(C)C)c3)n2-c2c(C)cccc2C)c1. The Kier molecular flexibility index (Phi) is 6.93. The van der Waals surface area contributed by atoms with Crippen molar-refractivity contribution in [2.75, 3.05) is 14.1 Å². The first-order valence-electron chi connectivity index (χ1n) is 10.9. The zero-order chi connectivity index (χ0) is 24.5. The van der Waals surface area contributed by atoms with Crippen LogP contribution in [0.25, 0.3) is 17.1 Å². The third kappa shape index (κ3) is 4.80. The van der Waals surface area contributed by atoms with E-state index in [-0.39, 0.29) is 4.90 Å². The van der Waals surface area contributed by atoms with Gasteiger partial charge in [-0.1, -0.05) is 71.9 Å². The second kappa shape index (κ2) is 9.74. The third-order valence-corrected chi connectivity index (χ3v) is 8.43. The molecular weight excluding hydrogens is 464 g/mol. The smallest absolute Gasteiger partial charge is 0.242 e. The first-order valence-corrected chi connectivity index (χ1v) is 13.3. The molecule has 3 aromatic carbocycles. The fourth-order valence-corrected chi connectivity index (χ4v) is 5.70. The molecule has 0 bridgehead atoms. The van der Waals surface area contributed by atoms with Crippen molar-refractivity contribution in [3.8, 4) is 17.1 Å². The number of aromatic nitrogens is 3. The van der Waals surface area contributed by atoms with E-state index in [4.69, 9.17) is 0 Å². The number of thioether (sulfide) groups is 1. The topological polar surface area (TPSA) is 68.1 Å². The number of benzene rings is 3. The first-order chi connectivity index (χ1) is 16.2. The molecular formula is C26H28N4O2S2. The number of aryl methyl sites for hydroxylation is 3. The molecule has 0 N–H and O–H groups in total. The fraction of sp³-hybridized carbons (Fsp3) is 0.231. The van der Waals surface area contributed by atoms with Crippen molar-refractivity contribution in [2.24, 2.45) is 0 Å². The van der Waals surface area contributed by atoms with Crippen LogP contribution in [-0.4, -0.2) is 41.6 Å². The average molecular weight is 493 g/mol. The summed E-state index contributed by atoms with van der Waals surface area (Å²) in [7, 11) is -0.516. The highest BCUT2D eigenvalue weighted by Gasteiger charge is 2.22. The molecule has 0 unspecified atom stereocenters. The van der Waals surface area contributed by atoms with Crippen molar-refractivity contribution in [3.63, 3.8) is 0 Å². The zero-order valence-corrected chi connectivity index (χ0v) is 21.6. The molecule has 0 aliphatic heterocycles. The van der Waals surface area contributed by atoms with E-state index in [1.807, 2.05) is 16.7 Å². The van der Waals surface area contributed by atoms with Crippen molar-refractivity contribution in [2.45, 2.75) is 36.6 Å². The maximum absolute atomic E-state index is 12.7. The van der Waals surface area contributed by atoms with Gasteiger partial charge in [0.05, 0.1) is 10.6 Å². The molecule has 0 spiro atoms. The molecule has 0 amide bonds. The highest BCUT2D eigenvalue weighted by atomic mass is 32.2. The van der Waals surface area contributed by atoms with Gasteiger partial charge < -0.3 is 0 Å². The van der Waals surface area contributed by atoms with Crippen LogP contribution >= 0.6 is 11.8 Å². The Hall–Kier alpha value is -2.94. The summed E-state index contributed by atoms with van der Waals surface area (Å²) in [6, 6.07) is 21.5. The maximum Gasteiger partial charge on any atom is 0.242 e. The van der Waals surface area contributed by atoms with Gasteiger partial charge in [0.2, 0.25) is 10.0 Å². The molecule has 176 valence electrons. The van der Waals surface area contributed by atoms with E-state index in [0.29, 0.717) is 11.4 Å². The Bertz CT molecular complexity index is 1420. The Morgan fingerprint density at radius 3 is 2.24 bits per heavy atom. The fourth-order valence-electron chi connectivity index (χ4n) is 3.87. The van der Waals surface area contributed by atoms with Crippen LogP contribution in [0.15, 0.2) is 76.8 Å². The van der Waals surface area contributed by atoms with Gasteiger partial charge in [0.15, 0.2) is 11.0 Å². The van der Waals surface area contributed by atoms with Crippen molar-refractivity contribution in [3.05, 3.63) is 89.0 Å². The highest BCUT2D eigenvalue weighted by molar-refractivity contribution is 7.98. The van der Waals surface area contributed by atoms with Crippen LogP contribution in [0.5, 0.6) is 0 Å². The lowest BCUT2D eigenvalue weighted by molar-refractivity contribution is 0.521. The van der Waals surface area contributed by atoms with Gasteiger partial charge in [0, 0.05) is 25.4 Å². The third-order valence-electron chi connectivity index (χ3n) is 5.62. The van der Waals surface area contributed by atoms with Crippen molar-refractivity contribution in [1.82, 2.24) is 19.1 Å². The van der Waals surface area contributed by atoms with Crippen LogP contribution in [0, 0.1) is 20.8 Å². The standard InChI is InChI=1S/C26H28N4O2S2/c1-18-9-6-12-21(15-18)17-33-26-28-27-25(30(26)24-19(2)10-7-11-20(24)3)22-13-8-14-23(16-22)34(31,32)29(4)5/h6-16H,17H2,1-5H3. The second-order valence-corrected chi connectivity index (χ2v) is 11.6. The van der Waals surface area contributed by atoms with Crippen LogP contribution in [-0.2, 0) is 15.8 Å². The van der Waals surface area contributed by atoms with Gasteiger partial charge in [-0.15, -0.1) is 10.2 Å². The van der Waals surface area contributed by atoms with E-state index in [0.717, 1.165) is 27.7 Å². The predicted molar refractivity (Wildman–Crippen MR) is 138 cm³/mol. The first kappa shape index (κ1) is 24.2. The molecule has 1 heterocycles. The molecule has 34 heavy (non-hydrogen) atoms. The van der Waals surface area contributed by atoms with Gasteiger partial charge in [-0.05, 0) is 49.6 Å². The molecule has 0 atom stereocenters. The summed E-state index contributed by atoms with van der Waals surface area (Å²) >= 11 is 1.61. The lowest BCUT2D eigenvalue weighted by Crippen LogP contribution is -2.22. The normalized spacial score (nSPS) is 11.8. The number of rotatable bonds is 7. The van der Waals surface area contributed by atoms with Gasteiger partial charge in [0.25, 0.3) is 0 Å². The minimum Gasteiger partial charge on any atom is -0.269 e. The maximum atomic E-state index is 12.7. The molecule has 0 saturated carbocycles. The quantitative estimate of drug-likeness (QED) is 0.323. The summed E-state index contributed by atoms with van der Waals surface area (Å²) in [4.78, 5) is 0.222. The Morgan fingerprint density at radius 1 is 0.882 bits per heavy atom. The number of para-hydroxylation sites is 1. The minimum atomic E-state index is -3.57.